The predicted molar refractivity (Wildman–Crippen MR) is 121 cm³/mol. The van der Waals surface area contributed by atoms with Crippen LogP contribution in [0.15, 0.2) is 57.4 Å². The fraction of sp³-hybridized carbons (Fsp3) is 0.150. The van der Waals surface area contributed by atoms with Crippen LogP contribution in [0.4, 0.5) is 5.95 Å². The van der Waals surface area contributed by atoms with E-state index in [4.69, 9.17) is 23.2 Å². The second-order valence-corrected chi connectivity index (χ2v) is 7.64. The fourth-order valence-electron chi connectivity index (χ4n) is 3.12. The fourth-order valence-corrected chi connectivity index (χ4v) is 3.59. The molecule has 0 aliphatic heterocycles. The third-order valence-electron chi connectivity index (χ3n) is 4.75. The topological polar surface area (TPSA) is 99.1 Å². The van der Waals surface area contributed by atoms with E-state index < -0.39 is 11.2 Å². The smallest absolute Gasteiger partial charge is 0.298 e. The molecule has 0 saturated heterocycles. The molecule has 1 N–H and O–H groups in total. The van der Waals surface area contributed by atoms with E-state index >= 15 is 0 Å². The molecule has 0 aliphatic carbocycles. The first kappa shape index (κ1) is 20.8. The molecule has 0 unspecified atom stereocenters. The van der Waals surface area contributed by atoms with Crippen LogP contribution < -0.4 is 16.7 Å². The second-order valence-electron chi connectivity index (χ2n) is 6.79. The van der Waals surface area contributed by atoms with Gasteiger partial charge in [-0.05, 0) is 23.8 Å². The Morgan fingerprint density at radius 2 is 1.97 bits per heavy atom. The predicted octanol–water partition coefficient (Wildman–Crippen LogP) is 2.63. The SMILES string of the molecule is Cn1c(=O)c2c(nc(N/N=C/c3cccnc3)n2Cc2ccc(Cl)cc2Cl)n(C)c1=O. The van der Waals surface area contributed by atoms with Gasteiger partial charge in [0.05, 0.1) is 12.8 Å². The number of anilines is 1. The van der Waals surface area contributed by atoms with Crippen molar-refractivity contribution in [1.82, 2.24) is 23.7 Å². The van der Waals surface area contributed by atoms with Gasteiger partial charge in [0.25, 0.3) is 5.56 Å². The highest BCUT2D eigenvalue weighted by molar-refractivity contribution is 6.35. The quantitative estimate of drug-likeness (QED) is 0.366. The van der Waals surface area contributed by atoms with Gasteiger partial charge >= 0.3 is 5.69 Å². The molecule has 1 aromatic carbocycles. The summed E-state index contributed by atoms with van der Waals surface area (Å²) in [6, 6.07) is 8.74. The number of aromatic nitrogens is 5. The molecule has 0 bridgehead atoms. The first-order valence-corrected chi connectivity index (χ1v) is 9.91. The number of nitrogens with zero attached hydrogens (tertiary/aromatic N) is 6. The van der Waals surface area contributed by atoms with E-state index in [-0.39, 0.29) is 23.7 Å². The summed E-state index contributed by atoms with van der Waals surface area (Å²) in [5, 5.41) is 5.15. The molecule has 31 heavy (non-hydrogen) atoms. The minimum Gasteiger partial charge on any atom is -0.298 e. The molecule has 0 radical (unpaired) electrons. The number of pyridine rings is 1. The van der Waals surface area contributed by atoms with Gasteiger partial charge in [0, 0.05) is 42.1 Å². The van der Waals surface area contributed by atoms with E-state index in [2.05, 4.69) is 20.5 Å². The lowest BCUT2D eigenvalue weighted by Crippen LogP contribution is -2.37. The Labute approximate surface area is 186 Å². The van der Waals surface area contributed by atoms with Crippen molar-refractivity contribution < 1.29 is 0 Å². The summed E-state index contributed by atoms with van der Waals surface area (Å²) in [6.07, 6.45) is 4.89. The number of hydrazone groups is 1. The van der Waals surface area contributed by atoms with E-state index in [1.54, 1.807) is 54.5 Å². The summed E-state index contributed by atoms with van der Waals surface area (Å²) >= 11 is 12.4. The molecule has 0 atom stereocenters. The van der Waals surface area contributed by atoms with Gasteiger partial charge in [-0.2, -0.15) is 10.1 Å². The van der Waals surface area contributed by atoms with Crippen molar-refractivity contribution in [2.75, 3.05) is 5.43 Å². The summed E-state index contributed by atoms with van der Waals surface area (Å²) in [7, 11) is 2.98. The van der Waals surface area contributed by atoms with Crippen molar-refractivity contribution in [2.24, 2.45) is 19.2 Å². The Hall–Kier alpha value is -3.43. The number of halogens is 2. The Bertz CT molecular complexity index is 1420. The molecule has 0 aliphatic rings. The summed E-state index contributed by atoms with van der Waals surface area (Å²) in [4.78, 5) is 33.8. The summed E-state index contributed by atoms with van der Waals surface area (Å²) in [5.74, 6) is 0.277. The molecule has 9 nitrogen and oxygen atoms in total. The molecule has 4 rings (SSSR count). The summed E-state index contributed by atoms with van der Waals surface area (Å²) < 4.78 is 3.98. The number of nitrogens with one attached hydrogen (secondary N) is 1. The maximum atomic E-state index is 12.9. The van der Waals surface area contributed by atoms with Crippen molar-refractivity contribution in [3.8, 4) is 0 Å². The molecular weight excluding hydrogens is 441 g/mol. The van der Waals surface area contributed by atoms with Crippen LogP contribution in [0, 0.1) is 0 Å². The number of hydrogen-bond donors (Lipinski definition) is 1. The number of imidazole rings is 1. The number of aryl methyl sites for hydroxylation is 1. The van der Waals surface area contributed by atoms with E-state index in [9.17, 15) is 9.59 Å². The normalized spacial score (nSPS) is 11.5. The average molecular weight is 458 g/mol. The van der Waals surface area contributed by atoms with Gasteiger partial charge in [-0.3, -0.25) is 23.5 Å². The monoisotopic (exact) mass is 457 g/mol. The zero-order valence-corrected chi connectivity index (χ0v) is 18.1. The Kier molecular flexibility index (Phi) is 5.62. The van der Waals surface area contributed by atoms with E-state index in [1.807, 2.05) is 6.07 Å². The maximum Gasteiger partial charge on any atom is 0.332 e. The third kappa shape index (κ3) is 3.97. The molecule has 11 heteroatoms. The highest BCUT2D eigenvalue weighted by Gasteiger charge is 2.20. The van der Waals surface area contributed by atoms with Crippen molar-refractivity contribution in [2.45, 2.75) is 6.54 Å². The van der Waals surface area contributed by atoms with Crippen LogP contribution >= 0.6 is 23.2 Å². The van der Waals surface area contributed by atoms with Crippen LogP contribution in [0.3, 0.4) is 0 Å². The second kappa shape index (κ2) is 8.37. The van der Waals surface area contributed by atoms with Crippen LogP contribution in [-0.2, 0) is 20.6 Å². The molecule has 3 aromatic heterocycles. The Morgan fingerprint density at radius 1 is 1.16 bits per heavy atom. The van der Waals surface area contributed by atoms with Crippen molar-refractivity contribution >= 4 is 46.5 Å². The molecule has 3 heterocycles. The molecule has 0 spiro atoms. The zero-order valence-electron chi connectivity index (χ0n) is 16.6. The minimum absolute atomic E-state index is 0.213. The first-order chi connectivity index (χ1) is 14.9. The van der Waals surface area contributed by atoms with E-state index in [0.717, 1.165) is 15.7 Å². The Morgan fingerprint density at radius 3 is 2.68 bits per heavy atom. The number of hydrogen-bond acceptors (Lipinski definition) is 6. The maximum absolute atomic E-state index is 12.9. The molecule has 0 fully saturated rings. The summed E-state index contributed by atoms with van der Waals surface area (Å²) in [6.45, 7) is 0.213. The minimum atomic E-state index is -0.475. The number of rotatable bonds is 5. The molecular formula is C20H17Cl2N7O2. The summed E-state index contributed by atoms with van der Waals surface area (Å²) in [5.41, 5.74) is 3.89. The van der Waals surface area contributed by atoms with Crippen molar-refractivity contribution in [3.05, 3.63) is 84.7 Å². The molecule has 4 aromatic rings. The lowest BCUT2D eigenvalue weighted by atomic mass is 10.2. The number of fused-ring (bicyclic) bond motifs is 1. The van der Waals surface area contributed by atoms with Crippen LogP contribution in [0.25, 0.3) is 11.2 Å². The third-order valence-corrected chi connectivity index (χ3v) is 5.34. The van der Waals surface area contributed by atoms with E-state index in [1.165, 1.54) is 11.6 Å². The van der Waals surface area contributed by atoms with Gasteiger partial charge in [-0.1, -0.05) is 35.3 Å². The van der Waals surface area contributed by atoms with Gasteiger partial charge in [0.15, 0.2) is 11.2 Å². The lowest BCUT2D eigenvalue weighted by molar-refractivity contribution is 0.702. The zero-order chi connectivity index (χ0) is 22.1. The molecule has 0 saturated carbocycles. The van der Waals surface area contributed by atoms with Crippen LogP contribution in [-0.4, -0.2) is 29.9 Å². The Balaban J connectivity index is 1.86. The van der Waals surface area contributed by atoms with Crippen LogP contribution in [0.2, 0.25) is 10.0 Å². The average Bonchev–Trinajstić information content (AvgIpc) is 3.12. The number of benzene rings is 1. The van der Waals surface area contributed by atoms with Gasteiger partial charge in [0.1, 0.15) is 0 Å². The first-order valence-electron chi connectivity index (χ1n) is 9.16. The molecule has 158 valence electrons. The van der Waals surface area contributed by atoms with Crippen molar-refractivity contribution in [3.63, 3.8) is 0 Å². The highest BCUT2D eigenvalue weighted by atomic mass is 35.5. The largest absolute Gasteiger partial charge is 0.332 e. The van der Waals surface area contributed by atoms with E-state index in [0.29, 0.717) is 10.0 Å². The van der Waals surface area contributed by atoms with Crippen LogP contribution in [0.1, 0.15) is 11.1 Å². The van der Waals surface area contributed by atoms with Crippen LogP contribution in [0.5, 0.6) is 0 Å². The molecule has 0 amide bonds. The highest BCUT2D eigenvalue weighted by Crippen LogP contribution is 2.24. The van der Waals surface area contributed by atoms with Gasteiger partial charge in [0.2, 0.25) is 5.95 Å². The van der Waals surface area contributed by atoms with Gasteiger partial charge < -0.3 is 0 Å². The van der Waals surface area contributed by atoms with Crippen molar-refractivity contribution in [1.29, 1.82) is 0 Å². The standard InChI is InChI=1S/C20H17Cl2N7O2/c1-27-17-16(18(30)28(2)20(27)31)29(11-13-5-6-14(21)8-15(13)22)19(25-17)26-24-10-12-4-3-7-23-9-12/h3-10H,11H2,1-2H3,(H,25,26)/b24-10+. The van der Waals surface area contributed by atoms with Gasteiger partial charge in [-0.15, -0.1) is 0 Å². The van der Waals surface area contributed by atoms with Gasteiger partial charge in [-0.25, -0.2) is 10.2 Å². The lowest BCUT2D eigenvalue weighted by Gasteiger charge is -2.11.